The summed E-state index contributed by atoms with van der Waals surface area (Å²) < 4.78 is 5.47. The lowest BCUT2D eigenvalue weighted by atomic mass is 9.81. The number of carboxylic acid groups (broad SMARTS) is 1. The topological polar surface area (TPSA) is 83.6 Å². The van der Waals surface area contributed by atoms with Crippen LogP contribution in [0.1, 0.15) is 25.0 Å². The van der Waals surface area contributed by atoms with Crippen molar-refractivity contribution in [2.45, 2.75) is 25.7 Å². The van der Waals surface area contributed by atoms with Gasteiger partial charge in [-0.1, -0.05) is 18.0 Å². The van der Waals surface area contributed by atoms with Crippen LogP contribution in [0.5, 0.6) is 0 Å². The molecule has 0 unspecified atom stereocenters. The van der Waals surface area contributed by atoms with Crippen molar-refractivity contribution in [3.05, 3.63) is 41.2 Å². The number of likely N-dealkylation sites (tertiary alicyclic amines) is 1. The van der Waals surface area contributed by atoms with Gasteiger partial charge in [-0.2, -0.15) is 0 Å². The van der Waals surface area contributed by atoms with Gasteiger partial charge in [0.2, 0.25) is 11.8 Å². The summed E-state index contributed by atoms with van der Waals surface area (Å²) in [6.45, 7) is 0.820. The number of halogens is 1. The standard InChI is InChI=1S/C19H19ClN2O4/c20-14-5-3-12(4-6-14)17-21-15(10-26-17)8-16(23)22-9-13-2-1-7-19(13,11-22)18(24)25/h3-6,10,13H,1-2,7-9,11H2,(H,24,25)/t13-,19+/m0/s1. The first-order chi connectivity index (χ1) is 12.5. The first kappa shape index (κ1) is 17.1. The zero-order valence-electron chi connectivity index (χ0n) is 14.2. The van der Waals surface area contributed by atoms with E-state index < -0.39 is 11.4 Å². The smallest absolute Gasteiger partial charge is 0.311 e. The minimum absolute atomic E-state index is 0.0610. The third kappa shape index (κ3) is 2.88. The lowest BCUT2D eigenvalue weighted by molar-refractivity contribution is -0.149. The molecule has 1 aromatic heterocycles. The summed E-state index contributed by atoms with van der Waals surface area (Å²) in [5, 5.41) is 10.3. The Kier molecular flexibility index (Phi) is 4.23. The van der Waals surface area contributed by atoms with Gasteiger partial charge in [0.05, 0.1) is 17.5 Å². The molecule has 4 rings (SSSR count). The van der Waals surface area contributed by atoms with E-state index in [4.69, 9.17) is 16.0 Å². The maximum Gasteiger partial charge on any atom is 0.311 e. The second kappa shape index (κ2) is 6.43. The number of hydrogen-bond donors (Lipinski definition) is 1. The van der Waals surface area contributed by atoms with E-state index in [-0.39, 0.29) is 18.2 Å². The molecule has 0 spiro atoms. The number of fused-ring (bicyclic) bond motifs is 1. The van der Waals surface area contributed by atoms with Gasteiger partial charge in [0.1, 0.15) is 6.26 Å². The van der Waals surface area contributed by atoms with Crippen LogP contribution in [0.4, 0.5) is 0 Å². The van der Waals surface area contributed by atoms with Crippen molar-refractivity contribution in [2.24, 2.45) is 11.3 Å². The normalized spacial score (nSPS) is 24.7. The van der Waals surface area contributed by atoms with Crippen molar-refractivity contribution in [3.63, 3.8) is 0 Å². The quantitative estimate of drug-likeness (QED) is 0.888. The summed E-state index contributed by atoms with van der Waals surface area (Å²) in [6.07, 6.45) is 4.04. The SMILES string of the molecule is O=C(Cc1coc(-c2ccc(Cl)cc2)n1)N1C[C@@H]2CCC[C@@]2(C(=O)O)C1. The van der Waals surface area contributed by atoms with Crippen molar-refractivity contribution in [2.75, 3.05) is 13.1 Å². The summed E-state index contributed by atoms with van der Waals surface area (Å²) in [5.74, 6) is -0.381. The molecule has 1 aromatic carbocycles. The second-order valence-electron chi connectivity index (χ2n) is 7.15. The largest absolute Gasteiger partial charge is 0.481 e. The van der Waals surface area contributed by atoms with Crippen LogP contribution < -0.4 is 0 Å². The fraction of sp³-hybridized carbons (Fsp3) is 0.421. The molecule has 1 aliphatic heterocycles. The van der Waals surface area contributed by atoms with Crippen molar-refractivity contribution in [1.29, 1.82) is 0 Å². The molecular formula is C19H19ClN2O4. The molecule has 7 heteroatoms. The molecule has 6 nitrogen and oxygen atoms in total. The number of oxazole rings is 1. The van der Waals surface area contributed by atoms with E-state index in [1.54, 1.807) is 29.2 Å². The third-order valence-electron chi connectivity index (χ3n) is 5.62. The Labute approximate surface area is 155 Å². The number of carboxylic acids is 1. The summed E-state index contributed by atoms with van der Waals surface area (Å²) in [5.41, 5.74) is 0.573. The van der Waals surface area contributed by atoms with E-state index in [1.165, 1.54) is 6.26 Å². The van der Waals surface area contributed by atoms with Gasteiger partial charge in [-0.15, -0.1) is 0 Å². The number of carbonyl (C=O) groups excluding carboxylic acids is 1. The zero-order valence-corrected chi connectivity index (χ0v) is 14.9. The molecule has 2 aromatic rings. The average molecular weight is 375 g/mol. The van der Waals surface area contributed by atoms with Gasteiger partial charge in [0.15, 0.2) is 0 Å². The fourth-order valence-corrected chi connectivity index (χ4v) is 4.33. The number of carbonyl (C=O) groups is 2. The Hall–Kier alpha value is -2.34. The molecule has 2 aliphatic rings. The van der Waals surface area contributed by atoms with Crippen molar-refractivity contribution in [3.8, 4) is 11.5 Å². The molecule has 2 fully saturated rings. The van der Waals surface area contributed by atoms with Gasteiger partial charge in [-0.25, -0.2) is 4.98 Å². The molecule has 1 saturated heterocycles. The molecule has 136 valence electrons. The monoisotopic (exact) mass is 374 g/mol. The van der Waals surface area contributed by atoms with Gasteiger partial charge in [0.25, 0.3) is 0 Å². The predicted molar refractivity (Wildman–Crippen MR) is 94.6 cm³/mol. The predicted octanol–water partition coefficient (Wildman–Crippen LogP) is 3.25. The Balaban J connectivity index is 1.45. The van der Waals surface area contributed by atoms with E-state index in [2.05, 4.69) is 4.98 Å². The minimum Gasteiger partial charge on any atom is -0.481 e. The average Bonchev–Trinajstić information content (AvgIpc) is 3.29. The van der Waals surface area contributed by atoms with Gasteiger partial charge in [-0.3, -0.25) is 9.59 Å². The molecule has 26 heavy (non-hydrogen) atoms. The van der Waals surface area contributed by atoms with Crippen molar-refractivity contribution >= 4 is 23.5 Å². The van der Waals surface area contributed by atoms with Gasteiger partial charge >= 0.3 is 5.97 Å². The lowest BCUT2D eigenvalue weighted by Crippen LogP contribution is -2.37. The van der Waals surface area contributed by atoms with E-state index in [1.807, 2.05) is 0 Å². The molecule has 1 N–H and O–H groups in total. The summed E-state index contributed by atoms with van der Waals surface area (Å²) >= 11 is 5.88. The molecule has 2 heterocycles. The van der Waals surface area contributed by atoms with E-state index in [9.17, 15) is 14.7 Å². The van der Waals surface area contributed by atoms with E-state index in [0.29, 0.717) is 36.1 Å². The molecular weight excluding hydrogens is 356 g/mol. The maximum atomic E-state index is 12.6. The Morgan fingerprint density at radius 1 is 1.35 bits per heavy atom. The van der Waals surface area contributed by atoms with Crippen LogP contribution in [0.3, 0.4) is 0 Å². The number of hydrogen-bond acceptors (Lipinski definition) is 4. The number of amides is 1. The minimum atomic E-state index is -0.776. The first-order valence-corrected chi connectivity index (χ1v) is 9.07. The van der Waals surface area contributed by atoms with Crippen LogP contribution in [0.15, 0.2) is 34.9 Å². The third-order valence-corrected chi connectivity index (χ3v) is 5.88. The zero-order chi connectivity index (χ0) is 18.3. The fourth-order valence-electron chi connectivity index (χ4n) is 4.21. The molecule has 2 atom stereocenters. The molecule has 1 saturated carbocycles. The second-order valence-corrected chi connectivity index (χ2v) is 7.59. The number of aliphatic carboxylic acids is 1. The number of rotatable bonds is 4. The first-order valence-electron chi connectivity index (χ1n) is 8.69. The maximum absolute atomic E-state index is 12.6. The number of nitrogens with zero attached hydrogens (tertiary/aromatic N) is 2. The summed E-state index contributed by atoms with van der Waals surface area (Å²) in [4.78, 5) is 30.4. The molecule has 1 amide bonds. The highest BCUT2D eigenvalue weighted by Crippen LogP contribution is 2.48. The van der Waals surface area contributed by atoms with Gasteiger partial charge < -0.3 is 14.4 Å². The Morgan fingerprint density at radius 3 is 2.81 bits per heavy atom. The van der Waals surface area contributed by atoms with Crippen LogP contribution >= 0.6 is 11.6 Å². The Morgan fingerprint density at radius 2 is 2.12 bits per heavy atom. The van der Waals surface area contributed by atoms with Crippen molar-refractivity contribution < 1.29 is 19.1 Å². The van der Waals surface area contributed by atoms with Crippen LogP contribution in [0, 0.1) is 11.3 Å². The van der Waals surface area contributed by atoms with Crippen LogP contribution in [0.25, 0.3) is 11.5 Å². The number of aromatic nitrogens is 1. The highest BCUT2D eigenvalue weighted by Gasteiger charge is 2.55. The Bertz CT molecular complexity index is 847. The van der Waals surface area contributed by atoms with E-state index in [0.717, 1.165) is 18.4 Å². The van der Waals surface area contributed by atoms with Crippen LogP contribution in [-0.2, 0) is 16.0 Å². The highest BCUT2D eigenvalue weighted by atomic mass is 35.5. The highest BCUT2D eigenvalue weighted by molar-refractivity contribution is 6.30. The van der Waals surface area contributed by atoms with Crippen LogP contribution in [-0.4, -0.2) is 40.0 Å². The van der Waals surface area contributed by atoms with Gasteiger partial charge in [-0.05, 0) is 43.0 Å². The molecule has 0 radical (unpaired) electrons. The van der Waals surface area contributed by atoms with Crippen LogP contribution in [0.2, 0.25) is 5.02 Å². The van der Waals surface area contributed by atoms with Gasteiger partial charge in [0, 0.05) is 23.7 Å². The van der Waals surface area contributed by atoms with E-state index >= 15 is 0 Å². The summed E-state index contributed by atoms with van der Waals surface area (Å²) in [6, 6.07) is 7.11. The molecule has 0 bridgehead atoms. The molecule has 1 aliphatic carbocycles. The number of benzene rings is 1. The summed E-state index contributed by atoms with van der Waals surface area (Å²) in [7, 11) is 0. The van der Waals surface area contributed by atoms with Crippen molar-refractivity contribution in [1.82, 2.24) is 9.88 Å². The lowest BCUT2D eigenvalue weighted by Gasteiger charge is -2.23.